The highest BCUT2D eigenvalue weighted by Crippen LogP contribution is 2.20. The molecule has 0 saturated carbocycles. The molecule has 0 unspecified atom stereocenters. The SMILES string of the molecule is O=C(Nc1ccccc1F)c1cc2ccccc2o/c1=N/NS(=O)(=O)c1ccc(F)c(Cl)c1. The number of para-hydroxylation sites is 2. The van der Waals surface area contributed by atoms with Gasteiger partial charge in [0.2, 0.25) is 5.55 Å². The first kappa shape index (κ1) is 22.4. The Labute approximate surface area is 191 Å². The van der Waals surface area contributed by atoms with Crippen LogP contribution < -0.4 is 15.7 Å². The Balaban J connectivity index is 1.77. The van der Waals surface area contributed by atoms with Crippen molar-refractivity contribution in [2.75, 3.05) is 5.32 Å². The largest absolute Gasteiger partial charge is 0.436 e. The van der Waals surface area contributed by atoms with Gasteiger partial charge in [0, 0.05) is 5.39 Å². The zero-order valence-corrected chi connectivity index (χ0v) is 18.1. The Hall–Kier alpha value is -3.76. The molecule has 0 fully saturated rings. The number of anilines is 1. The first-order chi connectivity index (χ1) is 15.7. The molecule has 0 saturated heterocycles. The number of rotatable bonds is 5. The van der Waals surface area contributed by atoms with Crippen LogP contribution in [0.25, 0.3) is 11.0 Å². The predicted octanol–water partition coefficient (Wildman–Crippen LogP) is 4.41. The molecule has 1 heterocycles. The van der Waals surface area contributed by atoms with Crippen molar-refractivity contribution in [2.45, 2.75) is 4.90 Å². The quantitative estimate of drug-likeness (QED) is 0.405. The fourth-order valence-electron chi connectivity index (χ4n) is 2.87. The lowest BCUT2D eigenvalue weighted by Crippen LogP contribution is -2.27. The van der Waals surface area contributed by atoms with E-state index >= 15 is 0 Å². The fraction of sp³-hybridized carbons (Fsp3) is 0. The van der Waals surface area contributed by atoms with Gasteiger partial charge in [0.05, 0.1) is 15.6 Å². The lowest BCUT2D eigenvalue weighted by atomic mass is 10.1. The van der Waals surface area contributed by atoms with E-state index < -0.39 is 32.6 Å². The van der Waals surface area contributed by atoms with Crippen molar-refractivity contribution in [3.8, 4) is 0 Å². The molecule has 0 spiro atoms. The van der Waals surface area contributed by atoms with Crippen LogP contribution in [0, 0.1) is 11.6 Å². The first-order valence-corrected chi connectivity index (χ1v) is 11.2. The number of hydrogen-bond donors (Lipinski definition) is 2. The van der Waals surface area contributed by atoms with E-state index in [1.807, 2.05) is 4.83 Å². The molecule has 11 heteroatoms. The minimum Gasteiger partial charge on any atom is -0.436 e. The average Bonchev–Trinajstić information content (AvgIpc) is 2.80. The molecule has 1 amide bonds. The van der Waals surface area contributed by atoms with E-state index in [0.29, 0.717) is 11.0 Å². The monoisotopic (exact) mass is 489 g/mol. The van der Waals surface area contributed by atoms with Gasteiger partial charge in [0.1, 0.15) is 22.8 Å². The van der Waals surface area contributed by atoms with Gasteiger partial charge in [-0.25, -0.2) is 8.78 Å². The van der Waals surface area contributed by atoms with E-state index in [2.05, 4.69) is 10.4 Å². The molecule has 1 aromatic heterocycles. The van der Waals surface area contributed by atoms with E-state index in [1.54, 1.807) is 24.3 Å². The minimum atomic E-state index is -4.28. The molecule has 33 heavy (non-hydrogen) atoms. The van der Waals surface area contributed by atoms with Gasteiger partial charge in [-0.2, -0.15) is 13.2 Å². The van der Waals surface area contributed by atoms with Crippen molar-refractivity contribution in [3.63, 3.8) is 0 Å². The van der Waals surface area contributed by atoms with E-state index in [0.717, 1.165) is 18.2 Å². The Morgan fingerprint density at radius 3 is 2.42 bits per heavy atom. The Morgan fingerprint density at radius 1 is 0.939 bits per heavy atom. The summed E-state index contributed by atoms with van der Waals surface area (Å²) in [5.41, 5.74) is -0.290. The summed E-state index contributed by atoms with van der Waals surface area (Å²) in [4.78, 5) is 14.5. The summed E-state index contributed by atoms with van der Waals surface area (Å²) in [6.45, 7) is 0. The predicted molar refractivity (Wildman–Crippen MR) is 118 cm³/mol. The van der Waals surface area contributed by atoms with Crippen LogP contribution in [-0.4, -0.2) is 14.3 Å². The molecule has 4 rings (SSSR count). The summed E-state index contributed by atoms with van der Waals surface area (Å²) < 4.78 is 58.1. The summed E-state index contributed by atoms with van der Waals surface area (Å²) in [5.74, 6) is -2.22. The van der Waals surface area contributed by atoms with Crippen LogP contribution in [0.15, 0.2) is 87.2 Å². The second kappa shape index (κ2) is 9.00. The molecule has 0 aliphatic rings. The molecule has 3 aromatic carbocycles. The molecule has 168 valence electrons. The number of sulfonamides is 1. The average molecular weight is 490 g/mol. The molecule has 0 radical (unpaired) electrons. The molecule has 0 bridgehead atoms. The van der Waals surface area contributed by atoms with Crippen LogP contribution in [0.4, 0.5) is 14.5 Å². The van der Waals surface area contributed by atoms with Crippen molar-refractivity contribution in [1.29, 1.82) is 0 Å². The number of fused-ring (bicyclic) bond motifs is 1. The highest BCUT2D eigenvalue weighted by Gasteiger charge is 2.18. The third kappa shape index (κ3) is 4.86. The van der Waals surface area contributed by atoms with E-state index in [1.165, 1.54) is 30.3 Å². The number of amides is 1. The highest BCUT2D eigenvalue weighted by atomic mass is 35.5. The smallest absolute Gasteiger partial charge is 0.276 e. The zero-order valence-electron chi connectivity index (χ0n) is 16.6. The Kier molecular flexibility index (Phi) is 6.12. The minimum absolute atomic E-state index is 0.0804. The number of carbonyl (C=O) groups excluding carboxylic acids is 1. The van der Waals surface area contributed by atoms with Crippen molar-refractivity contribution >= 4 is 44.2 Å². The van der Waals surface area contributed by atoms with Gasteiger partial charge in [0.25, 0.3) is 15.9 Å². The standard InChI is InChI=1S/C22H14ClF2N3O4S/c23-16-12-14(9-10-17(16)24)33(30,31)28-27-22-15(11-13-5-1-4-8-20(13)32-22)21(29)26-19-7-3-2-6-18(19)25/h1-12,28H,(H,26,29)/b27-22+. The van der Waals surface area contributed by atoms with Crippen LogP contribution in [-0.2, 0) is 10.0 Å². The maximum Gasteiger partial charge on any atom is 0.276 e. The number of hydrogen-bond acceptors (Lipinski definition) is 5. The maximum absolute atomic E-state index is 14.0. The lowest BCUT2D eigenvalue weighted by molar-refractivity contribution is 0.102. The van der Waals surface area contributed by atoms with Crippen LogP contribution in [0.5, 0.6) is 0 Å². The summed E-state index contributed by atoms with van der Waals surface area (Å²) in [6, 6.07) is 16.4. The molecular formula is C22H14ClF2N3O4S. The van der Waals surface area contributed by atoms with Crippen molar-refractivity contribution in [3.05, 3.63) is 101 Å². The number of benzene rings is 3. The molecule has 0 aliphatic heterocycles. The van der Waals surface area contributed by atoms with Crippen molar-refractivity contribution < 1.29 is 26.4 Å². The van der Waals surface area contributed by atoms with Crippen LogP contribution >= 0.6 is 11.6 Å². The van der Waals surface area contributed by atoms with E-state index in [4.69, 9.17) is 16.0 Å². The van der Waals surface area contributed by atoms with Gasteiger partial charge in [-0.1, -0.05) is 41.9 Å². The van der Waals surface area contributed by atoms with Gasteiger partial charge in [-0.05, 0) is 42.5 Å². The Morgan fingerprint density at radius 2 is 1.67 bits per heavy atom. The fourth-order valence-corrected chi connectivity index (χ4v) is 3.94. The molecule has 4 aromatic rings. The maximum atomic E-state index is 14.0. The lowest BCUT2D eigenvalue weighted by Gasteiger charge is -2.08. The molecule has 0 aliphatic carbocycles. The summed E-state index contributed by atoms with van der Waals surface area (Å²) in [6.07, 6.45) is 0. The van der Waals surface area contributed by atoms with Gasteiger partial charge < -0.3 is 9.73 Å². The summed E-state index contributed by atoms with van der Waals surface area (Å²) in [5, 5.41) is 6.29. The third-order valence-electron chi connectivity index (χ3n) is 4.49. The number of carbonyl (C=O) groups is 1. The molecular weight excluding hydrogens is 476 g/mol. The summed E-state index contributed by atoms with van der Waals surface area (Å²) >= 11 is 5.66. The van der Waals surface area contributed by atoms with E-state index in [-0.39, 0.29) is 21.7 Å². The highest BCUT2D eigenvalue weighted by molar-refractivity contribution is 7.89. The van der Waals surface area contributed by atoms with Crippen molar-refractivity contribution in [2.24, 2.45) is 5.10 Å². The molecule has 7 nitrogen and oxygen atoms in total. The second-order valence-corrected chi connectivity index (χ2v) is 8.79. The zero-order chi connectivity index (χ0) is 23.6. The summed E-state index contributed by atoms with van der Waals surface area (Å²) in [7, 11) is -4.28. The van der Waals surface area contributed by atoms with Gasteiger partial charge in [-0.3, -0.25) is 4.79 Å². The molecule has 0 atom stereocenters. The van der Waals surface area contributed by atoms with Crippen molar-refractivity contribution in [1.82, 2.24) is 4.83 Å². The normalized spacial score (nSPS) is 12.0. The van der Waals surface area contributed by atoms with Crippen LogP contribution in [0.2, 0.25) is 5.02 Å². The van der Waals surface area contributed by atoms with Gasteiger partial charge in [-0.15, -0.1) is 5.10 Å². The van der Waals surface area contributed by atoms with Crippen LogP contribution in [0.3, 0.4) is 0 Å². The van der Waals surface area contributed by atoms with Crippen LogP contribution in [0.1, 0.15) is 10.4 Å². The van der Waals surface area contributed by atoms with Gasteiger partial charge >= 0.3 is 0 Å². The molecule has 2 N–H and O–H groups in total. The van der Waals surface area contributed by atoms with Gasteiger partial charge in [0.15, 0.2) is 0 Å². The number of nitrogens with one attached hydrogen (secondary N) is 2. The Bertz CT molecular complexity index is 1560. The number of nitrogens with zero attached hydrogens (tertiary/aromatic N) is 1. The number of halogens is 3. The second-order valence-electron chi connectivity index (χ2n) is 6.72. The topological polar surface area (TPSA) is 101 Å². The van der Waals surface area contributed by atoms with E-state index in [9.17, 15) is 22.0 Å². The first-order valence-electron chi connectivity index (χ1n) is 9.34. The third-order valence-corrected chi connectivity index (χ3v) is 5.99.